The van der Waals surface area contributed by atoms with Gasteiger partial charge in [0.25, 0.3) is 0 Å². The van der Waals surface area contributed by atoms with E-state index in [2.05, 4.69) is 33.1 Å². The molecule has 4 N–H and O–H groups in total. The summed E-state index contributed by atoms with van der Waals surface area (Å²) in [5.41, 5.74) is 4.54. The molecule has 10 heteroatoms. The Morgan fingerprint density at radius 1 is 1.12 bits per heavy atom. The number of hydrogen-bond donors (Lipinski definition) is 3. The molecule has 9 nitrogen and oxygen atoms in total. The molecule has 0 aliphatic carbocycles. The SMILES string of the molecule is C=C(CBr)C(=O)OCC(=O)C[C@H](C(=O)N[C@@H](CCCNC(N)=O)C(=O)C(C)(C)C)C(C)C. The smallest absolute Gasteiger partial charge is 0.334 e. The fourth-order valence-corrected chi connectivity index (χ4v) is 3.05. The summed E-state index contributed by atoms with van der Waals surface area (Å²) >= 11 is 3.09. The molecule has 0 fully saturated rings. The van der Waals surface area contributed by atoms with E-state index in [0.29, 0.717) is 12.8 Å². The molecule has 0 aromatic rings. The highest BCUT2D eigenvalue weighted by Crippen LogP contribution is 2.21. The van der Waals surface area contributed by atoms with E-state index < -0.39 is 47.7 Å². The number of urea groups is 1. The number of amides is 3. The average Bonchev–Trinajstić information content (AvgIpc) is 2.69. The number of carbonyl (C=O) groups is 5. The second-order valence-corrected chi connectivity index (χ2v) is 9.58. The van der Waals surface area contributed by atoms with E-state index in [9.17, 15) is 24.0 Å². The Kier molecular flexibility index (Phi) is 13.0. The van der Waals surface area contributed by atoms with Crippen LogP contribution in [0.1, 0.15) is 53.9 Å². The minimum Gasteiger partial charge on any atom is -0.454 e. The Bertz CT molecular complexity index is 715. The quantitative estimate of drug-likeness (QED) is 0.139. The molecule has 0 saturated carbocycles. The van der Waals surface area contributed by atoms with Crippen molar-refractivity contribution in [1.82, 2.24) is 10.6 Å². The third kappa shape index (κ3) is 11.4. The first-order chi connectivity index (χ1) is 14.7. The second kappa shape index (κ2) is 14.0. The summed E-state index contributed by atoms with van der Waals surface area (Å²) in [5.74, 6) is -2.54. The summed E-state index contributed by atoms with van der Waals surface area (Å²) in [6.07, 6.45) is 0.624. The highest BCUT2D eigenvalue weighted by molar-refractivity contribution is 9.09. The Morgan fingerprint density at radius 3 is 2.19 bits per heavy atom. The normalized spacial score (nSPS) is 13.1. The van der Waals surface area contributed by atoms with Crippen molar-refractivity contribution in [2.45, 2.75) is 59.9 Å². The van der Waals surface area contributed by atoms with Crippen molar-refractivity contribution in [2.24, 2.45) is 23.0 Å². The fourth-order valence-electron chi connectivity index (χ4n) is 2.83. The molecule has 0 rings (SSSR count). The van der Waals surface area contributed by atoms with Crippen molar-refractivity contribution in [1.29, 1.82) is 0 Å². The summed E-state index contributed by atoms with van der Waals surface area (Å²) in [6.45, 7) is 12.2. The third-order valence-corrected chi connectivity index (χ3v) is 5.42. The van der Waals surface area contributed by atoms with Gasteiger partial charge in [-0.25, -0.2) is 9.59 Å². The summed E-state index contributed by atoms with van der Waals surface area (Å²) in [7, 11) is 0. The summed E-state index contributed by atoms with van der Waals surface area (Å²) in [5, 5.41) is 5.46. The standard InChI is InChI=1S/C22H36BrN3O6/c1-13(2)16(10-15(27)12-32-20(30)14(3)11-23)19(29)26-17(18(28)22(4,5)6)8-7-9-25-21(24)31/h13,16-17H,3,7-12H2,1-2,4-6H3,(H,26,29)(H3,24,25,31)/t16-,17-/m0/s1. The van der Waals surface area contributed by atoms with Gasteiger partial charge in [-0.05, 0) is 18.8 Å². The molecule has 0 aromatic heterocycles. The average molecular weight is 518 g/mol. The lowest BCUT2D eigenvalue weighted by atomic mass is 9.84. The molecule has 0 aliphatic heterocycles. The third-order valence-electron chi connectivity index (χ3n) is 4.74. The van der Waals surface area contributed by atoms with Gasteiger partial charge in [0, 0.05) is 35.2 Å². The molecule has 32 heavy (non-hydrogen) atoms. The largest absolute Gasteiger partial charge is 0.454 e. The van der Waals surface area contributed by atoms with Crippen LogP contribution in [0.15, 0.2) is 12.2 Å². The van der Waals surface area contributed by atoms with Gasteiger partial charge >= 0.3 is 12.0 Å². The monoisotopic (exact) mass is 517 g/mol. The molecular weight excluding hydrogens is 482 g/mol. The van der Waals surface area contributed by atoms with E-state index in [1.54, 1.807) is 34.6 Å². The van der Waals surface area contributed by atoms with Gasteiger partial charge in [-0.15, -0.1) is 0 Å². The molecule has 0 radical (unpaired) electrons. The predicted molar refractivity (Wildman–Crippen MR) is 125 cm³/mol. The van der Waals surface area contributed by atoms with E-state index in [0.717, 1.165) is 0 Å². The van der Waals surface area contributed by atoms with Crippen LogP contribution in [0.5, 0.6) is 0 Å². The number of rotatable bonds is 14. The minimum absolute atomic E-state index is 0.128. The van der Waals surface area contributed by atoms with E-state index in [1.807, 2.05) is 0 Å². The number of halogens is 1. The number of primary amides is 1. The molecular formula is C22H36BrN3O6. The Labute approximate surface area is 198 Å². The zero-order chi connectivity index (χ0) is 25.1. The van der Waals surface area contributed by atoms with Gasteiger partial charge in [0.2, 0.25) is 5.91 Å². The highest BCUT2D eigenvalue weighted by Gasteiger charge is 2.33. The number of Topliss-reactive ketones (excluding diaryl/α,β-unsaturated/α-hetero) is 2. The molecule has 0 spiro atoms. The number of ketones is 2. The topological polar surface area (TPSA) is 145 Å². The lowest BCUT2D eigenvalue weighted by Crippen LogP contribution is -2.49. The second-order valence-electron chi connectivity index (χ2n) is 9.02. The van der Waals surface area contributed by atoms with Gasteiger partial charge in [-0.2, -0.15) is 0 Å². The number of esters is 1. The molecule has 0 heterocycles. The Balaban J connectivity index is 5.16. The zero-order valence-electron chi connectivity index (χ0n) is 19.6. The van der Waals surface area contributed by atoms with Gasteiger partial charge in [0.05, 0.1) is 6.04 Å². The Morgan fingerprint density at radius 2 is 1.72 bits per heavy atom. The van der Waals surface area contributed by atoms with Gasteiger partial charge in [0.1, 0.15) is 6.61 Å². The van der Waals surface area contributed by atoms with Crippen LogP contribution in [0.25, 0.3) is 0 Å². The van der Waals surface area contributed by atoms with Gasteiger partial charge in [-0.3, -0.25) is 14.4 Å². The van der Waals surface area contributed by atoms with Crippen LogP contribution in [0.4, 0.5) is 4.79 Å². The molecule has 0 aliphatic rings. The first-order valence-corrected chi connectivity index (χ1v) is 11.6. The van der Waals surface area contributed by atoms with Crippen LogP contribution in [0.3, 0.4) is 0 Å². The first kappa shape index (κ1) is 29.8. The van der Waals surface area contributed by atoms with E-state index in [4.69, 9.17) is 10.5 Å². The van der Waals surface area contributed by atoms with E-state index >= 15 is 0 Å². The molecule has 0 bridgehead atoms. The maximum atomic E-state index is 13.0. The predicted octanol–water partition coefficient (Wildman–Crippen LogP) is 2.26. The van der Waals surface area contributed by atoms with E-state index in [-0.39, 0.29) is 35.6 Å². The molecule has 182 valence electrons. The summed E-state index contributed by atoms with van der Waals surface area (Å²) in [6, 6.07) is -1.43. The number of alkyl halides is 1. The first-order valence-electron chi connectivity index (χ1n) is 10.5. The van der Waals surface area contributed by atoms with Gasteiger partial charge in [0.15, 0.2) is 11.6 Å². The van der Waals surface area contributed by atoms with Gasteiger partial charge < -0.3 is 21.1 Å². The molecule has 0 unspecified atom stereocenters. The van der Waals surface area contributed by atoms with Crippen molar-refractivity contribution in [3.05, 3.63) is 12.2 Å². The van der Waals surface area contributed by atoms with Crippen molar-refractivity contribution < 1.29 is 28.7 Å². The zero-order valence-corrected chi connectivity index (χ0v) is 21.2. The van der Waals surface area contributed by atoms with Crippen LogP contribution >= 0.6 is 15.9 Å². The van der Waals surface area contributed by atoms with Crippen LogP contribution in [-0.2, 0) is 23.9 Å². The summed E-state index contributed by atoms with van der Waals surface area (Å²) < 4.78 is 4.92. The molecule has 0 saturated heterocycles. The lowest BCUT2D eigenvalue weighted by Gasteiger charge is -2.28. The fraction of sp³-hybridized carbons (Fsp3) is 0.682. The number of nitrogens with one attached hydrogen (secondary N) is 2. The number of hydrogen-bond acceptors (Lipinski definition) is 6. The Hall–Kier alpha value is -2.23. The van der Waals surface area contributed by atoms with Crippen LogP contribution in [-0.4, -0.2) is 54.0 Å². The van der Waals surface area contributed by atoms with Crippen LogP contribution in [0.2, 0.25) is 0 Å². The van der Waals surface area contributed by atoms with Crippen LogP contribution < -0.4 is 16.4 Å². The van der Waals surface area contributed by atoms with Crippen molar-refractivity contribution in [2.75, 3.05) is 18.5 Å². The lowest BCUT2D eigenvalue weighted by molar-refractivity contribution is -0.145. The summed E-state index contributed by atoms with van der Waals surface area (Å²) in [4.78, 5) is 60.6. The molecule has 2 atom stereocenters. The maximum Gasteiger partial charge on any atom is 0.334 e. The van der Waals surface area contributed by atoms with Crippen molar-refractivity contribution >= 4 is 45.4 Å². The highest BCUT2D eigenvalue weighted by atomic mass is 79.9. The maximum absolute atomic E-state index is 13.0. The molecule has 3 amide bonds. The molecule has 0 aromatic carbocycles. The number of ether oxygens (including phenoxy) is 1. The van der Waals surface area contributed by atoms with Crippen molar-refractivity contribution in [3.63, 3.8) is 0 Å². The number of carbonyl (C=O) groups excluding carboxylic acids is 5. The van der Waals surface area contributed by atoms with E-state index in [1.165, 1.54) is 0 Å². The minimum atomic E-state index is -0.770. The van der Waals surface area contributed by atoms with Crippen LogP contribution in [0, 0.1) is 17.3 Å². The van der Waals surface area contributed by atoms with Gasteiger partial charge in [-0.1, -0.05) is 57.1 Å². The number of nitrogens with two attached hydrogens (primary N) is 1. The van der Waals surface area contributed by atoms with Crippen molar-refractivity contribution in [3.8, 4) is 0 Å².